The number of fused-ring (bicyclic) bond motifs is 1. The Bertz CT molecular complexity index is 831. The van der Waals surface area contributed by atoms with Gasteiger partial charge in [-0.2, -0.15) is 0 Å². The molecule has 7 heteroatoms. The van der Waals surface area contributed by atoms with Crippen molar-refractivity contribution in [2.75, 3.05) is 28.4 Å². The Balaban J connectivity index is 2.07. The third kappa shape index (κ3) is 2.80. The highest BCUT2D eigenvalue weighted by atomic mass is 16.6. The number of rotatable bonds is 5. The smallest absolute Gasteiger partial charge is 0.212 e. The molecule has 0 amide bonds. The van der Waals surface area contributed by atoms with Crippen LogP contribution in [-0.4, -0.2) is 45.6 Å². The van der Waals surface area contributed by atoms with Crippen molar-refractivity contribution >= 4 is 5.78 Å². The topological polar surface area (TPSA) is 83.5 Å². The summed E-state index contributed by atoms with van der Waals surface area (Å²) in [5, 5.41) is 10.5. The van der Waals surface area contributed by atoms with Crippen LogP contribution in [-0.2, 0) is 0 Å². The van der Waals surface area contributed by atoms with E-state index >= 15 is 0 Å². The van der Waals surface area contributed by atoms with Crippen LogP contribution in [0.1, 0.15) is 21.8 Å². The van der Waals surface area contributed by atoms with E-state index in [-0.39, 0.29) is 17.3 Å². The standard InChI is InChI=1S/C19H20O7/c1-22-12-7-5-10(9-14(12)24-3)15-16(20)11-6-8-13(23-2)18(25-4)17(11)26-19(15)21/h5-9,15,19,21H,1-4H3/t15-,19+/m0/s1. The highest BCUT2D eigenvalue weighted by Gasteiger charge is 2.40. The van der Waals surface area contributed by atoms with Crippen LogP contribution < -0.4 is 23.7 Å². The fourth-order valence-electron chi connectivity index (χ4n) is 3.06. The average molecular weight is 360 g/mol. The number of ether oxygens (including phenoxy) is 5. The molecule has 0 aromatic heterocycles. The van der Waals surface area contributed by atoms with Gasteiger partial charge in [0.1, 0.15) is 5.92 Å². The van der Waals surface area contributed by atoms with Gasteiger partial charge in [0.25, 0.3) is 0 Å². The zero-order valence-corrected chi connectivity index (χ0v) is 14.9. The maximum Gasteiger partial charge on any atom is 0.212 e. The van der Waals surface area contributed by atoms with Crippen molar-refractivity contribution in [1.82, 2.24) is 0 Å². The molecule has 1 N–H and O–H groups in total. The van der Waals surface area contributed by atoms with Crippen molar-refractivity contribution in [3.63, 3.8) is 0 Å². The van der Waals surface area contributed by atoms with Gasteiger partial charge in [-0.15, -0.1) is 0 Å². The molecule has 0 fully saturated rings. The average Bonchev–Trinajstić information content (AvgIpc) is 2.66. The molecule has 1 aliphatic rings. The number of hydrogen-bond donors (Lipinski definition) is 1. The third-order valence-electron chi connectivity index (χ3n) is 4.34. The molecule has 0 spiro atoms. The fourth-order valence-corrected chi connectivity index (χ4v) is 3.06. The summed E-state index contributed by atoms with van der Waals surface area (Å²) in [7, 11) is 5.96. The number of carbonyl (C=O) groups excluding carboxylic acids is 1. The molecule has 1 aliphatic heterocycles. The first-order valence-corrected chi connectivity index (χ1v) is 7.91. The second-order valence-corrected chi connectivity index (χ2v) is 5.64. The predicted molar refractivity (Wildman–Crippen MR) is 92.8 cm³/mol. The van der Waals surface area contributed by atoms with Crippen LogP contribution in [0.2, 0.25) is 0 Å². The number of aliphatic hydroxyl groups is 1. The van der Waals surface area contributed by atoms with Gasteiger partial charge in [-0.3, -0.25) is 4.79 Å². The van der Waals surface area contributed by atoms with Gasteiger partial charge in [-0.1, -0.05) is 6.07 Å². The molecule has 7 nitrogen and oxygen atoms in total. The highest BCUT2D eigenvalue weighted by molar-refractivity contribution is 6.05. The minimum Gasteiger partial charge on any atom is -0.493 e. The van der Waals surface area contributed by atoms with Crippen molar-refractivity contribution in [3.8, 4) is 28.7 Å². The van der Waals surface area contributed by atoms with Crippen molar-refractivity contribution in [2.45, 2.75) is 12.2 Å². The largest absolute Gasteiger partial charge is 0.493 e. The quantitative estimate of drug-likeness (QED) is 0.876. The van der Waals surface area contributed by atoms with E-state index in [1.807, 2.05) is 0 Å². The van der Waals surface area contributed by atoms with Crippen LogP contribution >= 0.6 is 0 Å². The van der Waals surface area contributed by atoms with E-state index in [4.69, 9.17) is 23.7 Å². The summed E-state index contributed by atoms with van der Waals surface area (Å²) in [6.45, 7) is 0. The summed E-state index contributed by atoms with van der Waals surface area (Å²) in [6.07, 6.45) is -1.38. The number of carbonyl (C=O) groups is 1. The number of hydrogen-bond acceptors (Lipinski definition) is 7. The molecular formula is C19H20O7. The predicted octanol–water partition coefficient (Wildman–Crippen LogP) is 2.40. The first kappa shape index (κ1) is 17.9. The number of aliphatic hydroxyl groups excluding tert-OH is 1. The van der Waals surface area contributed by atoms with Gasteiger partial charge in [-0.25, -0.2) is 0 Å². The maximum atomic E-state index is 13.0. The van der Waals surface area contributed by atoms with Crippen LogP contribution in [0.25, 0.3) is 0 Å². The Morgan fingerprint density at radius 3 is 2.15 bits per heavy atom. The molecule has 2 atom stereocenters. The van der Waals surface area contributed by atoms with Crippen LogP contribution in [0, 0.1) is 0 Å². The van der Waals surface area contributed by atoms with Gasteiger partial charge in [0.15, 0.2) is 28.8 Å². The van der Waals surface area contributed by atoms with Crippen LogP contribution in [0.15, 0.2) is 30.3 Å². The van der Waals surface area contributed by atoms with E-state index in [0.29, 0.717) is 28.4 Å². The highest BCUT2D eigenvalue weighted by Crippen LogP contribution is 2.46. The van der Waals surface area contributed by atoms with Gasteiger partial charge in [-0.05, 0) is 29.8 Å². The second kappa shape index (κ2) is 7.13. The summed E-state index contributed by atoms with van der Waals surface area (Å²) < 4.78 is 26.6. The minimum absolute atomic E-state index is 0.168. The molecule has 2 aromatic carbocycles. The molecule has 2 aromatic rings. The molecule has 0 aliphatic carbocycles. The third-order valence-corrected chi connectivity index (χ3v) is 4.34. The Morgan fingerprint density at radius 2 is 1.54 bits per heavy atom. The summed E-state index contributed by atoms with van der Waals surface area (Å²) in [6, 6.07) is 8.25. The molecule has 0 radical (unpaired) electrons. The van der Waals surface area contributed by atoms with Gasteiger partial charge < -0.3 is 28.8 Å². The lowest BCUT2D eigenvalue weighted by molar-refractivity contribution is -0.0401. The molecule has 0 saturated heterocycles. The number of benzene rings is 2. The number of methoxy groups -OCH3 is 4. The molecule has 3 rings (SSSR count). The first-order valence-electron chi connectivity index (χ1n) is 7.91. The minimum atomic E-state index is -1.38. The van der Waals surface area contributed by atoms with Gasteiger partial charge in [0, 0.05) is 0 Å². The Hall–Kier alpha value is -2.93. The molecule has 26 heavy (non-hydrogen) atoms. The Labute approximate surface area is 151 Å². The Kier molecular flexibility index (Phi) is 4.90. The number of Topliss-reactive ketones (excluding diaryl/α,β-unsaturated/α-hetero) is 1. The summed E-state index contributed by atoms with van der Waals surface area (Å²) in [4.78, 5) is 13.0. The Morgan fingerprint density at radius 1 is 0.885 bits per heavy atom. The maximum absolute atomic E-state index is 13.0. The van der Waals surface area contributed by atoms with Crippen molar-refractivity contribution in [3.05, 3.63) is 41.5 Å². The van der Waals surface area contributed by atoms with E-state index in [1.54, 1.807) is 30.3 Å². The molecule has 0 saturated carbocycles. The van der Waals surface area contributed by atoms with Crippen molar-refractivity contribution in [2.24, 2.45) is 0 Å². The van der Waals surface area contributed by atoms with Gasteiger partial charge >= 0.3 is 0 Å². The van der Waals surface area contributed by atoms with Gasteiger partial charge in [0.2, 0.25) is 12.0 Å². The van der Waals surface area contributed by atoms with E-state index in [0.717, 1.165) is 0 Å². The number of ketones is 1. The van der Waals surface area contributed by atoms with E-state index in [9.17, 15) is 9.90 Å². The normalized spacial score (nSPS) is 18.6. The molecule has 1 heterocycles. The van der Waals surface area contributed by atoms with E-state index in [1.165, 1.54) is 28.4 Å². The second-order valence-electron chi connectivity index (χ2n) is 5.64. The molecular weight excluding hydrogens is 340 g/mol. The summed E-state index contributed by atoms with van der Waals surface area (Å²) >= 11 is 0. The van der Waals surface area contributed by atoms with E-state index < -0.39 is 12.2 Å². The monoisotopic (exact) mass is 360 g/mol. The van der Waals surface area contributed by atoms with Crippen molar-refractivity contribution < 1.29 is 33.6 Å². The summed E-state index contributed by atoms with van der Waals surface area (Å²) in [5.74, 6) is 0.650. The molecule has 138 valence electrons. The molecule has 0 unspecified atom stereocenters. The first-order chi connectivity index (χ1) is 12.5. The van der Waals surface area contributed by atoms with Crippen LogP contribution in [0.4, 0.5) is 0 Å². The summed E-state index contributed by atoms with van der Waals surface area (Å²) in [5.41, 5.74) is 0.869. The lowest BCUT2D eigenvalue weighted by atomic mass is 9.87. The lowest BCUT2D eigenvalue weighted by Gasteiger charge is -2.30. The molecule has 0 bridgehead atoms. The SMILES string of the molecule is COc1ccc([C@H]2C(=O)c3ccc(OC)c(OC)c3O[C@H]2O)cc1OC. The van der Waals surface area contributed by atoms with Crippen LogP contribution in [0.3, 0.4) is 0 Å². The fraction of sp³-hybridized carbons (Fsp3) is 0.316. The lowest BCUT2D eigenvalue weighted by Crippen LogP contribution is -2.36. The van der Waals surface area contributed by atoms with Gasteiger partial charge in [0.05, 0.1) is 34.0 Å². The van der Waals surface area contributed by atoms with Crippen molar-refractivity contribution in [1.29, 1.82) is 0 Å². The zero-order valence-electron chi connectivity index (χ0n) is 14.9. The van der Waals surface area contributed by atoms with E-state index in [2.05, 4.69) is 0 Å². The zero-order chi connectivity index (χ0) is 18.8. The van der Waals surface area contributed by atoms with Crippen LogP contribution in [0.5, 0.6) is 28.7 Å².